The van der Waals surface area contributed by atoms with Crippen LogP contribution in [-0.4, -0.2) is 56.5 Å². The minimum atomic E-state index is -0.476. The molecule has 1 saturated heterocycles. The van der Waals surface area contributed by atoms with Crippen LogP contribution in [0.2, 0.25) is 0 Å². The highest BCUT2D eigenvalue weighted by Gasteiger charge is 2.16. The van der Waals surface area contributed by atoms with Gasteiger partial charge in [0.25, 0.3) is 0 Å². The Morgan fingerprint density at radius 1 is 1.26 bits per heavy atom. The van der Waals surface area contributed by atoms with Crippen LogP contribution < -0.4 is 16.0 Å². The topological polar surface area (TPSA) is 84.0 Å². The summed E-state index contributed by atoms with van der Waals surface area (Å²) in [5.41, 5.74) is -0.476. The van der Waals surface area contributed by atoms with E-state index in [9.17, 15) is 4.79 Å². The Labute approximate surface area is 139 Å². The first-order chi connectivity index (χ1) is 10.9. The van der Waals surface area contributed by atoms with Crippen molar-refractivity contribution in [2.75, 3.05) is 32.8 Å². The fraction of sp³-hybridized carbons (Fsp3) is 0.875. The Morgan fingerprint density at radius 3 is 2.61 bits per heavy atom. The van der Waals surface area contributed by atoms with Crippen molar-refractivity contribution in [1.29, 1.82) is 0 Å². The van der Waals surface area contributed by atoms with Gasteiger partial charge in [-0.3, -0.25) is 4.99 Å². The first-order valence-electron chi connectivity index (χ1n) is 8.51. The molecule has 7 heteroatoms. The first-order valence-corrected chi connectivity index (χ1v) is 8.51. The molecule has 1 amide bonds. The predicted octanol–water partition coefficient (Wildman–Crippen LogP) is 1.64. The molecule has 1 fully saturated rings. The van der Waals surface area contributed by atoms with Crippen molar-refractivity contribution in [3.05, 3.63) is 0 Å². The number of carbonyl (C=O) groups is 1. The second-order valence-electron chi connectivity index (χ2n) is 6.54. The molecule has 1 unspecified atom stereocenters. The van der Waals surface area contributed by atoms with Gasteiger partial charge in [-0.05, 0) is 47.0 Å². The average molecular weight is 328 g/mol. The number of rotatable bonds is 7. The fourth-order valence-corrected chi connectivity index (χ4v) is 2.19. The molecule has 0 aromatic heterocycles. The Hall–Kier alpha value is -1.50. The van der Waals surface area contributed by atoms with E-state index in [0.29, 0.717) is 19.2 Å². The van der Waals surface area contributed by atoms with Crippen molar-refractivity contribution in [3.63, 3.8) is 0 Å². The number of hydrogen-bond acceptors (Lipinski definition) is 4. The maximum absolute atomic E-state index is 11.5. The number of amides is 1. The van der Waals surface area contributed by atoms with E-state index in [2.05, 4.69) is 20.9 Å². The lowest BCUT2D eigenvalue weighted by Gasteiger charge is -2.20. The Bertz CT molecular complexity index is 374. The molecule has 7 nitrogen and oxygen atoms in total. The van der Waals surface area contributed by atoms with Gasteiger partial charge in [-0.1, -0.05) is 0 Å². The van der Waals surface area contributed by atoms with Gasteiger partial charge in [0.2, 0.25) is 0 Å². The van der Waals surface area contributed by atoms with Gasteiger partial charge in [-0.15, -0.1) is 0 Å². The quantitative estimate of drug-likeness (QED) is 0.376. The SMILES string of the molecule is CCNC(=NCCC1CCCO1)NCCNC(=O)OC(C)(C)C. The molecule has 1 rings (SSSR count). The van der Waals surface area contributed by atoms with Crippen molar-refractivity contribution in [2.45, 2.75) is 58.7 Å². The number of guanidine groups is 1. The highest BCUT2D eigenvalue weighted by molar-refractivity contribution is 5.79. The summed E-state index contributed by atoms with van der Waals surface area (Å²) in [6.45, 7) is 11.0. The van der Waals surface area contributed by atoms with Crippen molar-refractivity contribution in [1.82, 2.24) is 16.0 Å². The number of hydrogen-bond donors (Lipinski definition) is 3. The van der Waals surface area contributed by atoms with Gasteiger partial charge in [0.1, 0.15) is 5.60 Å². The number of nitrogens with zero attached hydrogens (tertiary/aromatic N) is 1. The lowest BCUT2D eigenvalue weighted by molar-refractivity contribution is 0.0529. The van der Waals surface area contributed by atoms with Crippen molar-refractivity contribution >= 4 is 12.1 Å². The summed E-state index contributed by atoms with van der Waals surface area (Å²) in [6.07, 6.45) is 3.20. The monoisotopic (exact) mass is 328 g/mol. The minimum absolute atomic E-state index is 0.357. The van der Waals surface area contributed by atoms with Crippen LogP contribution in [0.1, 0.15) is 47.0 Å². The number of carbonyl (C=O) groups excluding carboxylic acids is 1. The summed E-state index contributed by atoms with van der Waals surface area (Å²) >= 11 is 0. The van der Waals surface area contributed by atoms with Crippen LogP contribution >= 0.6 is 0 Å². The smallest absolute Gasteiger partial charge is 0.407 e. The van der Waals surface area contributed by atoms with Gasteiger partial charge < -0.3 is 25.4 Å². The predicted molar refractivity (Wildman–Crippen MR) is 91.8 cm³/mol. The number of aliphatic imine (C=N–C) groups is 1. The molecule has 0 aliphatic carbocycles. The first kappa shape index (κ1) is 19.5. The second kappa shape index (κ2) is 10.3. The Kier molecular flexibility index (Phi) is 8.76. The van der Waals surface area contributed by atoms with Gasteiger partial charge in [0, 0.05) is 32.8 Å². The molecule has 1 atom stereocenters. The molecule has 134 valence electrons. The van der Waals surface area contributed by atoms with Gasteiger partial charge >= 0.3 is 6.09 Å². The van der Waals surface area contributed by atoms with Gasteiger partial charge in [-0.2, -0.15) is 0 Å². The molecule has 0 bridgehead atoms. The molecule has 23 heavy (non-hydrogen) atoms. The van der Waals surface area contributed by atoms with Gasteiger partial charge in [0.05, 0.1) is 6.10 Å². The van der Waals surface area contributed by atoms with Crippen LogP contribution in [0, 0.1) is 0 Å². The van der Waals surface area contributed by atoms with Crippen LogP contribution in [-0.2, 0) is 9.47 Å². The van der Waals surface area contributed by atoms with E-state index in [-0.39, 0.29) is 0 Å². The summed E-state index contributed by atoms with van der Waals surface area (Å²) < 4.78 is 10.8. The van der Waals surface area contributed by atoms with Crippen molar-refractivity contribution < 1.29 is 14.3 Å². The van der Waals surface area contributed by atoms with E-state index < -0.39 is 11.7 Å². The zero-order valence-corrected chi connectivity index (χ0v) is 14.9. The van der Waals surface area contributed by atoms with E-state index >= 15 is 0 Å². The lowest BCUT2D eigenvalue weighted by Crippen LogP contribution is -2.42. The zero-order valence-electron chi connectivity index (χ0n) is 14.9. The van der Waals surface area contributed by atoms with E-state index in [0.717, 1.165) is 44.9 Å². The van der Waals surface area contributed by atoms with Crippen LogP contribution in [0.4, 0.5) is 4.79 Å². The molecule has 1 aliphatic heterocycles. The molecule has 0 saturated carbocycles. The van der Waals surface area contributed by atoms with E-state index in [1.54, 1.807) is 0 Å². The van der Waals surface area contributed by atoms with Crippen molar-refractivity contribution in [3.8, 4) is 0 Å². The van der Waals surface area contributed by atoms with E-state index in [4.69, 9.17) is 9.47 Å². The second-order valence-corrected chi connectivity index (χ2v) is 6.54. The molecule has 0 aromatic carbocycles. The largest absolute Gasteiger partial charge is 0.444 e. The fourth-order valence-electron chi connectivity index (χ4n) is 2.19. The highest BCUT2D eigenvalue weighted by atomic mass is 16.6. The molecule has 1 aliphatic rings. The maximum Gasteiger partial charge on any atom is 0.407 e. The number of alkyl carbamates (subject to hydrolysis) is 1. The lowest BCUT2D eigenvalue weighted by atomic mass is 10.2. The molecule has 1 heterocycles. The zero-order chi connectivity index (χ0) is 17.1. The standard InChI is InChI=1S/C16H32N4O3/c1-5-17-14(18-9-8-13-7-6-12-22-13)19-10-11-20-15(21)23-16(2,3)4/h13H,5-12H2,1-4H3,(H,20,21)(H2,17,18,19). The molecular formula is C16H32N4O3. The van der Waals surface area contributed by atoms with Crippen LogP contribution in [0.3, 0.4) is 0 Å². The van der Waals surface area contributed by atoms with Crippen LogP contribution in [0.15, 0.2) is 4.99 Å². The average Bonchev–Trinajstić information content (AvgIpc) is 2.94. The summed E-state index contributed by atoms with van der Waals surface area (Å²) in [7, 11) is 0. The van der Waals surface area contributed by atoms with Gasteiger partial charge in [0.15, 0.2) is 5.96 Å². The molecule has 0 spiro atoms. The molecule has 3 N–H and O–H groups in total. The van der Waals surface area contributed by atoms with E-state index in [1.165, 1.54) is 0 Å². The van der Waals surface area contributed by atoms with Crippen LogP contribution in [0.25, 0.3) is 0 Å². The molecular weight excluding hydrogens is 296 g/mol. The number of ether oxygens (including phenoxy) is 2. The van der Waals surface area contributed by atoms with Crippen molar-refractivity contribution in [2.24, 2.45) is 4.99 Å². The summed E-state index contributed by atoms with van der Waals surface area (Å²) in [4.78, 5) is 16.1. The molecule has 0 radical (unpaired) electrons. The molecule has 0 aromatic rings. The minimum Gasteiger partial charge on any atom is -0.444 e. The normalized spacial score (nSPS) is 18.6. The number of nitrogens with one attached hydrogen (secondary N) is 3. The summed E-state index contributed by atoms with van der Waals surface area (Å²) in [5, 5.41) is 9.09. The third-order valence-electron chi connectivity index (χ3n) is 3.17. The van der Waals surface area contributed by atoms with Gasteiger partial charge in [-0.25, -0.2) is 4.79 Å². The van der Waals surface area contributed by atoms with Crippen LogP contribution in [0.5, 0.6) is 0 Å². The summed E-state index contributed by atoms with van der Waals surface area (Å²) in [6, 6.07) is 0. The third-order valence-corrected chi connectivity index (χ3v) is 3.17. The maximum atomic E-state index is 11.5. The van der Waals surface area contributed by atoms with E-state index in [1.807, 2.05) is 27.7 Å². The highest BCUT2D eigenvalue weighted by Crippen LogP contribution is 2.14. The summed E-state index contributed by atoms with van der Waals surface area (Å²) in [5.74, 6) is 0.761. The third kappa shape index (κ3) is 9.99. The Morgan fingerprint density at radius 2 is 2.00 bits per heavy atom. The Balaban J connectivity index is 2.20.